The van der Waals surface area contributed by atoms with E-state index in [1.807, 2.05) is 6.07 Å². The van der Waals surface area contributed by atoms with Crippen molar-refractivity contribution in [3.05, 3.63) is 51.9 Å². The second kappa shape index (κ2) is 6.51. The first-order valence-electron chi connectivity index (χ1n) is 5.76. The molecule has 7 heteroatoms. The van der Waals surface area contributed by atoms with Crippen LogP contribution in [-0.4, -0.2) is 20.5 Å². The van der Waals surface area contributed by atoms with Crippen molar-refractivity contribution in [3.8, 4) is 5.75 Å². The highest BCUT2D eigenvalue weighted by molar-refractivity contribution is 14.1. The Morgan fingerprint density at radius 2 is 2.10 bits per heavy atom. The Balaban J connectivity index is 2.24. The molecule has 0 aliphatic rings. The number of benzene rings is 1. The molecule has 0 spiro atoms. The second-order valence-corrected chi connectivity index (χ2v) is 6.92. The summed E-state index contributed by atoms with van der Waals surface area (Å²) in [6, 6.07) is 10.3. The van der Waals surface area contributed by atoms with Gasteiger partial charge in [-0.3, -0.25) is 4.98 Å². The van der Waals surface area contributed by atoms with Crippen molar-refractivity contribution in [1.82, 2.24) is 9.71 Å². The molecule has 0 bridgehead atoms. The lowest BCUT2D eigenvalue weighted by atomic mass is 10.3. The Morgan fingerprint density at radius 3 is 2.75 bits per heavy atom. The number of nitrogens with one attached hydrogen (secondary N) is 1. The zero-order chi connectivity index (χ0) is 14.6. The van der Waals surface area contributed by atoms with Gasteiger partial charge in [0.25, 0.3) is 0 Å². The number of halogens is 1. The zero-order valence-electron chi connectivity index (χ0n) is 10.7. The molecule has 1 N–H and O–H groups in total. The highest BCUT2D eigenvalue weighted by Gasteiger charge is 2.19. The molecule has 5 nitrogen and oxygen atoms in total. The van der Waals surface area contributed by atoms with Crippen LogP contribution in [0.25, 0.3) is 0 Å². The van der Waals surface area contributed by atoms with Gasteiger partial charge in [-0.2, -0.15) is 0 Å². The third-order valence-electron chi connectivity index (χ3n) is 2.58. The van der Waals surface area contributed by atoms with Crippen molar-refractivity contribution in [2.24, 2.45) is 0 Å². The van der Waals surface area contributed by atoms with E-state index in [-0.39, 0.29) is 11.4 Å². The van der Waals surface area contributed by atoms with Crippen LogP contribution < -0.4 is 9.46 Å². The molecule has 0 amide bonds. The first-order valence-corrected chi connectivity index (χ1v) is 8.32. The SMILES string of the molecule is COc1ccc(I)cc1S(=O)(=O)NCc1ccccn1. The Hall–Kier alpha value is -1.19. The summed E-state index contributed by atoms with van der Waals surface area (Å²) in [5.41, 5.74) is 0.653. The van der Waals surface area contributed by atoms with Gasteiger partial charge in [0.15, 0.2) is 0 Å². The molecule has 1 aromatic carbocycles. The molecule has 0 aliphatic carbocycles. The molecule has 2 aromatic rings. The fourth-order valence-electron chi connectivity index (χ4n) is 1.61. The van der Waals surface area contributed by atoms with E-state index in [1.165, 1.54) is 7.11 Å². The van der Waals surface area contributed by atoms with Crippen molar-refractivity contribution >= 4 is 32.6 Å². The molecular weight excluding hydrogens is 391 g/mol. The molecule has 0 fully saturated rings. The van der Waals surface area contributed by atoms with E-state index in [0.29, 0.717) is 11.4 Å². The van der Waals surface area contributed by atoms with Crippen molar-refractivity contribution < 1.29 is 13.2 Å². The number of hydrogen-bond acceptors (Lipinski definition) is 4. The molecule has 106 valence electrons. The average Bonchev–Trinajstić information content (AvgIpc) is 2.46. The van der Waals surface area contributed by atoms with Crippen LogP contribution in [0.3, 0.4) is 0 Å². The number of rotatable bonds is 5. The minimum absolute atomic E-state index is 0.128. The summed E-state index contributed by atoms with van der Waals surface area (Å²) in [6.45, 7) is 0.137. The van der Waals surface area contributed by atoms with Crippen molar-refractivity contribution in [2.75, 3.05) is 7.11 Å². The van der Waals surface area contributed by atoms with E-state index in [2.05, 4.69) is 32.3 Å². The van der Waals surface area contributed by atoms with Crippen LogP contribution in [0.1, 0.15) is 5.69 Å². The second-order valence-electron chi connectivity index (χ2n) is 3.94. The maximum atomic E-state index is 12.3. The van der Waals surface area contributed by atoms with Crippen LogP contribution in [0.4, 0.5) is 0 Å². The van der Waals surface area contributed by atoms with Crippen LogP contribution in [0, 0.1) is 3.57 Å². The lowest BCUT2D eigenvalue weighted by Gasteiger charge is -2.11. The van der Waals surface area contributed by atoms with E-state index >= 15 is 0 Å². The zero-order valence-corrected chi connectivity index (χ0v) is 13.7. The molecular formula is C13H13IN2O3S. The first kappa shape index (κ1) is 15.2. The van der Waals surface area contributed by atoms with Gasteiger partial charge in [0.05, 0.1) is 19.3 Å². The maximum absolute atomic E-state index is 12.3. The number of ether oxygens (including phenoxy) is 1. The highest BCUT2D eigenvalue weighted by Crippen LogP contribution is 2.25. The quantitative estimate of drug-likeness (QED) is 0.776. The summed E-state index contributed by atoms with van der Waals surface area (Å²) in [5.74, 6) is 0.318. The Labute approximate surface area is 131 Å². The lowest BCUT2D eigenvalue weighted by Crippen LogP contribution is -2.24. The van der Waals surface area contributed by atoms with E-state index in [1.54, 1.807) is 36.5 Å². The van der Waals surface area contributed by atoms with Gasteiger partial charge in [-0.1, -0.05) is 6.07 Å². The third-order valence-corrected chi connectivity index (χ3v) is 4.68. The van der Waals surface area contributed by atoms with E-state index in [4.69, 9.17) is 4.74 Å². The van der Waals surface area contributed by atoms with Gasteiger partial charge < -0.3 is 4.74 Å². The summed E-state index contributed by atoms with van der Waals surface area (Å²) >= 11 is 2.06. The van der Waals surface area contributed by atoms with Gasteiger partial charge >= 0.3 is 0 Å². The molecule has 0 saturated heterocycles. The number of aromatic nitrogens is 1. The Kier molecular flexibility index (Phi) is 4.95. The first-order chi connectivity index (χ1) is 9.53. The minimum atomic E-state index is -3.64. The number of pyridine rings is 1. The standard InChI is InChI=1S/C13H13IN2O3S/c1-19-12-6-5-10(14)8-13(12)20(17,18)16-9-11-4-2-3-7-15-11/h2-8,16H,9H2,1H3. The molecule has 0 unspecified atom stereocenters. The maximum Gasteiger partial charge on any atom is 0.244 e. The highest BCUT2D eigenvalue weighted by atomic mass is 127. The number of nitrogens with zero attached hydrogens (tertiary/aromatic N) is 1. The number of methoxy groups -OCH3 is 1. The molecule has 0 saturated carbocycles. The molecule has 2 rings (SSSR count). The van der Waals surface area contributed by atoms with Crippen LogP contribution >= 0.6 is 22.6 Å². The van der Waals surface area contributed by atoms with E-state index in [0.717, 1.165) is 3.57 Å². The van der Waals surface area contributed by atoms with Gasteiger partial charge in [-0.25, -0.2) is 13.1 Å². The van der Waals surface area contributed by atoms with Crippen molar-refractivity contribution in [2.45, 2.75) is 11.4 Å². The normalized spacial score (nSPS) is 11.3. The van der Waals surface area contributed by atoms with Gasteiger partial charge in [0.1, 0.15) is 10.6 Å². The predicted octanol–water partition coefficient (Wildman–Crippen LogP) is 2.17. The van der Waals surface area contributed by atoms with Crippen LogP contribution in [-0.2, 0) is 16.6 Å². The van der Waals surface area contributed by atoms with Gasteiger partial charge in [0, 0.05) is 9.77 Å². The smallest absolute Gasteiger partial charge is 0.244 e. The summed E-state index contributed by atoms with van der Waals surface area (Å²) in [6.07, 6.45) is 1.62. The van der Waals surface area contributed by atoms with Crippen molar-refractivity contribution in [1.29, 1.82) is 0 Å². The third kappa shape index (κ3) is 3.68. The Morgan fingerprint density at radius 1 is 1.30 bits per heavy atom. The van der Waals surface area contributed by atoms with Gasteiger partial charge in [-0.05, 0) is 52.9 Å². The molecule has 1 heterocycles. The fraction of sp³-hybridized carbons (Fsp3) is 0.154. The molecule has 1 aromatic heterocycles. The summed E-state index contributed by atoms with van der Waals surface area (Å²) in [7, 11) is -2.20. The average molecular weight is 404 g/mol. The molecule has 0 atom stereocenters. The lowest BCUT2D eigenvalue weighted by molar-refractivity contribution is 0.402. The van der Waals surface area contributed by atoms with Gasteiger partial charge in [0.2, 0.25) is 10.0 Å². The van der Waals surface area contributed by atoms with Gasteiger partial charge in [-0.15, -0.1) is 0 Å². The largest absolute Gasteiger partial charge is 0.495 e. The van der Waals surface area contributed by atoms with Crippen LogP contribution in [0.2, 0.25) is 0 Å². The Bertz CT molecular complexity index is 690. The molecule has 20 heavy (non-hydrogen) atoms. The van der Waals surface area contributed by atoms with Crippen LogP contribution in [0.5, 0.6) is 5.75 Å². The minimum Gasteiger partial charge on any atom is -0.495 e. The summed E-state index contributed by atoms with van der Waals surface area (Å²) < 4.78 is 33.1. The summed E-state index contributed by atoms with van der Waals surface area (Å²) in [5, 5.41) is 0. The fourth-order valence-corrected chi connectivity index (χ4v) is 3.50. The van der Waals surface area contributed by atoms with E-state index in [9.17, 15) is 8.42 Å². The predicted molar refractivity (Wildman–Crippen MR) is 84.0 cm³/mol. The van der Waals surface area contributed by atoms with E-state index < -0.39 is 10.0 Å². The molecule has 0 radical (unpaired) electrons. The number of sulfonamides is 1. The van der Waals surface area contributed by atoms with Crippen molar-refractivity contribution in [3.63, 3.8) is 0 Å². The summed E-state index contributed by atoms with van der Waals surface area (Å²) in [4.78, 5) is 4.20. The molecule has 0 aliphatic heterocycles. The monoisotopic (exact) mass is 404 g/mol. The topological polar surface area (TPSA) is 68.3 Å². The number of hydrogen-bond donors (Lipinski definition) is 1. The van der Waals surface area contributed by atoms with Crippen LogP contribution in [0.15, 0.2) is 47.5 Å².